The largest absolute Gasteiger partial charge is 0.329 e. The third-order valence-electron chi connectivity index (χ3n) is 2.00. The summed E-state index contributed by atoms with van der Waals surface area (Å²) in [7, 11) is 0. The van der Waals surface area contributed by atoms with Gasteiger partial charge >= 0.3 is 0 Å². The van der Waals surface area contributed by atoms with Crippen LogP contribution >= 0.6 is 11.8 Å². The van der Waals surface area contributed by atoms with Gasteiger partial charge in [-0.25, -0.2) is 0 Å². The van der Waals surface area contributed by atoms with Gasteiger partial charge in [-0.2, -0.15) is 11.8 Å². The second-order valence-electron chi connectivity index (χ2n) is 4.31. The highest BCUT2D eigenvalue weighted by molar-refractivity contribution is 7.99. The van der Waals surface area contributed by atoms with E-state index in [9.17, 15) is 0 Å². The molecule has 0 aliphatic carbocycles. The summed E-state index contributed by atoms with van der Waals surface area (Å²) in [4.78, 5) is 0. The molecule has 0 rings (SSSR count). The Labute approximate surface area is 81.5 Å². The van der Waals surface area contributed by atoms with E-state index >= 15 is 0 Å². The second kappa shape index (κ2) is 5.87. The van der Waals surface area contributed by atoms with Crippen LogP contribution in [0.1, 0.15) is 40.5 Å². The number of rotatable bonds is 5. The minimum atomic E-state index is 0.354. The van der Waals surface area contributed by atoms with Gasteiger partial charge in [-0.15, -0.1) is 0 Å². The molecule has 1 unspecified atom stereocenters. The molecule has 0 aromatic rings. The average molecular weight is 189 g/mol. The Morgan fingerprint density at radius 3 is 2.25 bits per heavy atom. The minimum Gasteiger partial charge on any atom is -0.329 e. The van der Waals surface area contributed by atoms with Crippen molar-refractivity contribution in [3.05, 3.63) is 0 Å². The standard InChI is InChI=1S/C10H23NS/c1-5-6-7-12-9(8-11)10(2,3)4/h9H,5-8,11H2,1-4H3. The number of hydrogen-bond acceptors (Lipinski definition) is 2. The number of thioether (sulfide) groups is 1. The van der Waals surface area contributed by atoms with E-state index in [0.717, 1.165) is 6.54 Å². The zero-order valence-corrected chi connectivity index (χ0v) is 9.71. The van der Waals surface area contributed by atoms with Gasteiger partial charge in [-0.05, 0) is 17.6 Å². The van der Waals surface area contributed by atoms with E-state index in [0.29, 0.717) is 10.7 Å². The molecular weight excluding hydrogens is 166 g/mol. The van der Waals surface area contributed by atoms with Crippen molar-refractivity contribution >= 4 is 11.8 Å². The Balaban J connectivity index is 3.68. The highest BCUT2D eigenvalue weighted by Crippen LogP contribution is 2.29. The summed E-state index contributed by atoms with van der Waals surface area (Å²) in [5.41, 5.74) is 6.07. The first-order valence-corrected chi connectivity index (χ1v) is 5.89. The molecule has 1 nitrogen and oxygen atoms in total. The van der Waals surface area contributed by atoms with Gasteiger partial charge in [-0.1, -0.05) is 34.1 Å². The highest BCUT2D eigenvalue weighted by Gasteiger charge is 2.22. The van der Waals surface area contributed by atoms with Crippen LogP contribution in [0.15, 0.2) is 0 Å². The summed E-state index contributed by atoms with van der Waals surface area (Å²) < 4.78 is 0. The SMILES string of the molecule is CCCCSC(CN)C(C)(C)C. The Bertz CT molecular complexity index is 107. The number of nitrogens with two attached hydrogens (primary N) is 1. The van der Waals surface area contributed by atoms with Crippen molar-refractivity contribution in [2.24, 2.45) is 11.1 Å². The molecule has 0 bridgehead atoms. The maximum absolute atomic E-state index is 5.72. The lowest BCUT2D eigenvalue weighted by Crippen LogP contribution is -2.31. The molecule has 0 fully saturated rings. The molecule has 0 saturated heterocycles. The van der Waals surface area contributed by atoms with Crippen molar-refractivity contribution in [2.75, 3.05) is 12.3 Å². The molecule has 0 aliphatic heterocycles. The highest BCUT2D eigenvalue weighted by atomic mass is 32.2. The summed E-state index contributed by atoms with van der Waals surface area (Å²) in [6.07, 6.45) is 2.60. The van der Waals surface area contributed by atoms with Crippen LogP contribution in [0.2, 0.25) is 0 Å². The van der Waals surface area contributed by atoms with Crippen LogP contribution in [0.25, 0.3) is 0 Å². The molecule has 74 valence electrons. The summed E-state index contributed by atoms with van der Waals surface area (Å²) in [5.74, 6) is 1.26. The van der Waals surface area contributed by atoms with Gasteiger partial charge < -0.3 is 5.73 Å². The van der Waals surface area contributed by atoms with Crippen LogP contribution in [0.5, 0.6) is 0 Å². The van der Waals surface area contributed by atoms with Crippen molar-refractivity contribution in [3.8, 4) is 0 Å². The molecule has 0 aromatic carbocycles. The van der Waals surface area contributed by atoms with E-state index in [4.69, 9.17) is 5.73 Å². The predicted octanol–water partition coefficient (Wildman–Crippen LogP) is 2.89. The fraction of sp³-hybridized carbons (Fsp3) is 1.00. The Morgan fingerprint density at radius 2 is 1.92 bits per heavy atom. The normalized spacial score (nSPS) is 14.8. The van der Waals surface area contributed by atoms with E-state index in [2.05, 4.69) is 27.7 Å². The van der Waals surface area contributed by atoms with Crippen molar-refractivity contribution < 1.29 is 0 Å². The van der Waals surface area contributed by atoms with E-state index < -0.39 is 0 Å². The van der Waals surface area contributed by atoms with Crippen molar-refractivity contribution in [1.82, 2.24) is 0 Å². The van der Waals surface area contributed by atoms with Crippen LogP contribution < -0.4 is 5.73 Å². The quantitative estimate of drug-likeness (QED) is 0.673. The molecule has 1 atom stereocenters. The topological polar surface area (TPSA) is 26.0 Å². The first-order chi connectivity index (χ1) is 5.52. The van der Waals surface area contributed by atoms with Gasteiger partial charge in [0.05, 0.1) is 0 Å². The van der Waals surface area contributed by atoms with E-state index in [1.807, 2.05) is 11.8 Å². The van der Waals surface area contributed by atoms with Gasteiger partial charge in [0.25, 0.3) is 0 Å². The minimum absolute atomic E-state index is 0.354. The lowest BCUT2D eigenvalue weighted by molar-refractivity contribution is 0.398. The fourth-order valence-corrected chi connectivity index (χ4v) is 2.42. The van der Waals surface area contributed by atoms with Gasteiger partial charge in [-0.3, -0.25) is 0 Å². The molecule has 0 aliphatic rings. The summed E-state index contributed by atoms with van der Waals surface area (Å²) in [5, 5.41) is 0.615. The molecule has 12 heavy (non-hydrogen) atoms. The molecule has 0 aromatic heterocycles. The zero-order chi connectivity index (χ0) is 9.61. The van der Waals surface area contributed by atoms with E-state index in [1.165, 1.54) is 18.6 Å². The molecule has 0 spiro atoms. The smallest absolute Gasteiger partial charge is 0.0218 e. The van der Waals surface area contributed by atoms with Gasteiger partial charge in [0.1, 0.15) is 0 Å². The first kappa shape index (κ1) is 12.3. The molecule has 0 radical (unpaired) electrons. The van der Waals surface area contributed by atoms with Crippen LogP contribution in [0.3, 0.4) is 0 Å². The fourth-order valence-electron chi connectivity index (χ4n) is 1.04. The Morgan fingerprint density at radius 1 is 1.33 bits per heavy atom. The van der Waals surface area contributed by atoms with Gasteiger partial charge in [0, 0.05) is 11.8 Å². The molecule has 0 saturated carbocycles. The average Bonchev–Trinajstić information content (AvgIpc) is 1.95. The molecule has 0 amide bonds. The van der Waals surface area contributed by atoms with Crippen LogP contribution in [0.4, 0.5) is 0 Å². The summed E-state index contributed by atoms with van der Waals surface area (Å²) >= 11 is 2.03. The van der Waals surface area contributed by atoms with Crippen molar-refractivity contribution in [1.29, 1.82) is 0 Å². The van der Waals surface area contributed by atoms with Gasteiger partial charge in [0.15, 0.2) is 0 Å². The number of unbranched alkanes of at least 4 members (excludes halogenated alkanes) is 1. The maximum Gasteiger partial charge on any atom is 0.0218 e. The lowest BCUT2D eigenvalue weighted by Gasteiger charge is -2.28. The van der Waals surface area contributed by atoms with Crippen LogP contribution in [-0.2, 0) is 0 Å². The predicted molar refractivity (Wildman–Crippen MR) is 59.7 cm³/mol. The monoisotopic (exact) mass is 189 g/mol. The Hall–Kier alpha value is 0.310. The lowest BCUT2D eigenvalue weighted by atomic mass is 9.92. The molecule has 2 heteroatoms. The third kappa shape index (κ3) is 5.04. The van der Waals surface area contributed by atoms with Crippen molar-refractivity contribution in [3.63, 3.8) is 0 Å². The van der Waals surface area contributed by atoms with E-state index in [1.54, 1.807) is 0 Å². The van der Waals surface area contributed by atoms with Gasteiger partial charge in [0.2, 0.25) is 0 Å². The molecule has 0 heterocycles. The number of hydrogen-bond donors (Lipinski definition) is 1. The Kier molecular flexibility index (Phi) is 6.02. The van der Waals surface area contributed by atoms with E-state index in [-0.39, 0.29) is 0 Å². The van der Waals surface area contributed by atoms with Crippen LogP contribution in [-0.4, -0.2) is 17.5 Å². The summed E-state index contributed by atoms with van der Waals surface area (Å²) in [6.45, 7) is 9.84. The first-order valence-electron chi connectivity index (χ1n) is 4.84. The maximum atomic E-state index is 5.72. The van der Waals surface area contributed by atoms with Crippen molar-refractivity contribution in [2.45, 2.75) is 45.8 Å². The second-order valence-corrected chi connectivity index (χ2v) is 5.63. The van der Waals surface area contributed by atoms with Crippen LogP contribution in [0, 0.1) is 5.41 Å². The third-order valence-corrected chi connectivity index (χ3v) is 3.82. The molecular formula is C10H23NS. The molecule has 2 N–H and O–H groups in total. The summed E-state index contributed by atoms with van der Waals surface area (Å²) in [6, 6.07) is 0. The zero-order valence-electron chi connectivity index (χ0n) is 8.89.